The van der Waals surface area contributed by atoms with Crippen molar-refractivity contribution in [1.82, 2.24) is 14.7 Å². The van der Waals surface area contributed by atoms with Crippen molar-refractivity contribution >= 4 is 12.4 Å². The number of hydrogen-bond acceptors (Lipinski definition) is 5. The van der Waals surface area contributed by atoms with Gasteiger partial charge in [0.2, 0.25) is 5.91 Å². The number of carboxylic acid groups (broad SMARTS) is 1. The van der Waals surface area contributed by atoms with Gasteiger partial charge in [0.1, 0.15) is 5.75 Å². The molecule has 3 heterocycles. The van der Waals surface area contributed by atoms with Gasteiger partial charge in [-0.1, -0.05) is 18.6 Å². The Kier molecular flexibility index (Phi) is 9.81. The number of piperidine rings is 1. The van der Waals surface area contributed by atoms with Crippen LogP contribution in [0.4, 0.5) is 0 Å². The number of likely N-dealkylation sites (tertiary alicyclic amines) is 1. The fourth-order valence-electron chi connectivity index (χ4n) is 5.08. The van der Waals surface area contributed by atoms with Gasteiger partial charge in [-0.05, 0) is 82.8 Å². The van der Waals surface area contributed by atoms with Crippen LogP contribution in [-0.2, 0) is 16.1 Å². The Morgan fingerprint density at radius 3 is 2.50 bits per heavy atom. The summed E-state index contributed by atoms with van der Waals surface area (Å²) in [6.45, 7) is 9.17. The van der Waals surface area contributed by atoms with Crippen molar-refractivity contribution < 1.29 is 19.4 Å². The van der Waals surface area contributed by atoms with Crippen molar-refractivity contribution in [3.05, 3.63) is 29.8 Å². The molecule has 3 aliphatic heterocycles. The van der Waals surface area contributed by atoms with Gasteiger partial charge in [-0.15, -0.1) is 0 Å². The first-order valence-electron chi connectivity index (χ1n) is 12.2. The standard InChI is InChI=1S/C24H37N3O2.CH2O2/c1-20-24(28)27-16-7-8-22(27)19-26(20)18-21-9-11-23(12-10-21)29-17-6-5-15-25-13-3-2-4-14-25;2-1-3/h9-12,20,22H,2-8,13-19H2,1H3;1H,(H,2,3)/t20-,22-;/m0./s1. The van der Waals surface area contributed by atoms with E-state index in [1.54, 1.807) is 0 Å². The number of carbonyl (C=O) groups is 2. The van der Waals surface area contributed by atoms with E-state index < -0.39 is 0 Å². The molecular weight excluding hydrogens is 406 g/mol. The smallest absolute Gasteiger partial charge is 0.290 e. The Hall–Kier alpha value is -2.12. The summed E-state index contributed by atoms with van der Waals surface area (Å²) in [7, 11) is 0. The van der Waals surface area contributed by atoms with Crippen molar-refractivity contribution in [2.75, 3.05) is 39.3 Å². The number of rotatable bonds is 8. The molecule has 3 fully saturated rings. The van der Waals surface area contributed by atoms with Crippen LogP contribution >= 0.6 is 0 Å². The molecule has 0 aromatic heterocycles. The van der Waals surface area contributed by atoms with Crippen molar-refractivity contribution in [1.29, 1.82) is 0 Å². The lowest BCUT2D eigenvalue weighted by Gasteiger charge is -2.41. The van der Waals surface area contributed by atoms with Gasteiger partial charge in [0.15, 0.2) is 0 Å². The summed E-state index contributed by atoms with van der Waals surface area (Å²) in [4.78, 5) is 28.0. The van der Waals surface area contributed by atoms with Crippen LogP contribution < -0.4 is 4.74 Å². The van der Waals surface area contributed by atoms with Crippen LogP contribution in [0.5, 0.6) is 5.75 Å². The zero-order valence-electron chi connectivity index (χ0n) is 19.5. The van der Waals surface area contributed by atoms with E-state index in [1.807, 2.05) is 0 Å². The Morgan fingerprint density at radius 2 is 1.78 bits per heavy atom. The SMILES string of the molecule is C[C@H]1C(=O)N2CCC[C@H]2CN1Cc1ccc(OCCCCN2CCCCC2)cc1.O=CO. The summed E-state index contributed by atoms with van der Waals surface area (Å²) in [5.74, 6) is 1.26. The van der Waals surface area contributed by atoms with Gasteiger partial charge in [0.25, 0.3) is 6.47 Å². The summed E-state index contributed by atoms with van der Waals surface area (Å²) in [5.41, 5.74) is 1.26. The maximum atomic E-state index is 12.6. The molecule has 1 N–H and O–H groups in total. The van der Waals surface area contributed by atoms with Gasteiger partial charge >= 0.3 is 0 Å². The molecule has 0 saturated carbocycles. The highest BCUT2D eigenvalue weighted by Crippen LogP contribution is 2.27. The molecule has 1 aromatic rings. The Bertz CT molecular complexity index is 706. The van der Waals surface area contributed by atoms with Gasteiger partial charge in [-0.25, -0.2) is 0 Å². The molecule has 32 heavy (non-hydrogen) atoms. The van der Waals surface area contributed by atoms with Crippen LogP contribution in [-0.4, -0.2) is 83.6 Å². The monoisotopic (exact) mass is 445 g/mol. The molecular formula is C25H39N3O4. The van der Waals surface area contributed by atoms with E-state index in [0.717, 1.165) is 51.3 Å². The lowest BCUT2D eigenvalue weighted by molar-refractivity contribution is -0.143. The predicted octanol–water partition coefficient (Wildman–Crippen LogP) is 3.23. The van der Waals surface area contributed by atoms with Crippen LogP contribution in [0.25, 0.3) is 0 Å². The zero-order valence-corrected chi connectivity index (χ0v) is 19.5. The van der Waals surface area contributed by atoms with Crippen LogP contribution in [0.2, 0.25) is 0 Å². The van der Waals surface area contributed by atoms with Gasteiger partial charge < -0.3 is 19.6 Å². The normalized spacial score (nSPS) is 23.9. The van der Waals surface area contributed by atoms with Gasteiger partial charge in [0.05, 0.1) is 12.6 Å². The molecule has 1 amide bonds. The zero-order chi connectivity index (χ0) is 22.8. The second-order valence-electron chi connectivity index (χ2n) is 9.14. The number of ether oxygens (including phenoxy) is 1. The molecule has 0 aliphatic carbocycles. The van der Waals surface area contributed by atoms with Crippen LogP contribution in [0, 0.1) is 0 Å². The molecule has 7 heteroatoms. The van der Waals surface area contributed by atoms with E-state index in [2.05, 4.69) is 45.9 Å². The van der Waals surface area contributed by atoms with Crippen molar-refractivity contribution in [3.8, 4) is 5.75 Å². The third-order valence-corrected chi connectivity index (χ3v) is 6.91. The largest absolute Gasteiger partial charge is 0.494 e. The number of hydrogen-bond donors (Lipinski definition) is 1. The number of unbranched alkanes of at least 4 members (excludes halogenated alkanes) is 1. The highest BCUT2D eigenvalue weighted by atomic mass is 16.5. The maximum absolute atomic E-state index is 12.6. The summed E-state index contributed by atoms with van der Waals surface area (Å²) >= 11 is 0. The van der Waals surface area contributed by atoms with E-state index in [4.69, 9.17) is 14.6 Å². The van der Waals surface area contributed by atoms with Gasteiger partial charge in [-0.3, -0.25) is 14.5 Å². The summed E-state index contributed by atoms with van der Waals surface area (Å²) in [5, 5.41) is 6.89. The minimum Gasteiger partial charge on any atom is -0.494 e. The van der Waals surface area contributed by atoms with Crippen molar-refractivity contribution in [2.45, 2.75) is 70.5 Å². The highest BCUT2D eigenvalue weighted by Gasteiger charge is 2.39. The van der Waals surface area contributed by atoms with Gasteiger partial charge in [-0.2, -0.15) is 0 Å². The Labute approximate surface area is 192 Å². The number of amides is 1. The first kappa shape index (κ1) is 24.5. The summed E-state index contributed by atoms with van der Waals surface area (Å²) in [6, 6.07) is 8.88. The maximum Gasteiger partial charge on any atom is 0.290 e. The highest BCUT2D eigenvalue weighted by molar-refractivity contribution is 5.83. The first-order chi connectivity index (χ1) is 15.6. The number of benzene rings is 1. The second kappa shape index (κ2) is 12.8. The van der Waals surface area contributed by atoms with E-state index >= 15 is 0 Å². The van der Waals surface area contributed by atoms with Crippen LogP contribution in [0.3, 0.4) is 0 Å². The minimum absolute atomic E-state index is 0.0137. The van der Waals surface area contributed by atoms with Crippen LogP contribution in [0.1, 0.15) is 57.4 Å². The summed E-state index contributed by atoms with van der Waals surface area (Å²) in [6.07, 6.45) is 8.78. The van der Waals surface area contributed by atoms with E-state index in [9.17, 15) is 4.79 Å². The predicted molar refractivity (Wildman–Crippen MR) is 125 cm³/mol. The molecule has 0 spiro atoms. The third kappa shape index (κ3) is 6.94. The number of carbonyl (C=O) groups excluding carboxylic acids is 1. The molecule has 0 bridgehead atoms. The lowest BCUT2D eigenvalue weighted by Crippen LogP contribution is -2.58. The second-order valence-corrected chi connectivity index (χ2v) is 9.14. The molecule has 2 atom stereocenters. The average Bonchev–Trinajstić information content (AvgIpc) is 3.28. The molecule has 1 aromatic carbocycles. The Balaban J connectivity index is 0.000000913. The number of nitrogens with zero attached hydrogens (tertiary/aromatic N) is 3. The lowest BCUT2D eigenvalue weighted by atomic mass is 10.1. The quantitative estimate of drug-likeness (QED) is 0.489. The molecule has 178 valence electrons. The van der Waals surface area contributed by atoms with Crippen LogP contribution in [0.15, 0.2) is 24.3 Å². The fourth-order valence-corrected chi connectivity index (χ4v) is 5.08. The van der Waals surface area contributed by atoms with E-state index in [-0.39, 0.29) is 12.5 Å². The minimum atomic E-state index is -0.250. The topological polar surface area (TPSA) is 73.3 Å². The van der Waals surface area contributed by atoms with Gasteiger partial charge in [0, 0.05) is 25.7 Å². The van der Waals surface area contributed by atoms with E-state index in [1.165, 1.54) is 50.9 Å². The molecule has 4 rings (SSSR count). The molecule has 0 unspecified atom stereocenters. The summed E-state index contributed by atoms with van der Waals surface area (Å²) < 4.78 is 5.94. The number of fused-ring (bicyclic) bond motifs is 1. The molecule has 0 radical (unpaired) electrons. The Morgan fingerprint density at radius 1 is 1.06 bits per heavy atom. The first-order valence-corrected chi connectivity index (χ1v) is 12.2. The van der Waals surface area contributed by atoms with E-state index in [0.29, 0.717) is 11.9 Å². The van der Waals surface area contributed by atoms with Crippen molar-refractivity contribution in [3.63, 3.8) is 0 Å². The fraction of sp³-hybridized carbons (Fsp3) is 0.680. The molecule has 3 aliphatic rings. The molecule has 3 saturated heterocycles. The number of piperazine rings is 1. The third-order valence-electron chi connectivity index (χ3n) is 6.91. The molecule has 7 nitrogen and oxygen atoms in total. The average molecular weight is 446 g/mol. The van der Waals surface area contributed by atoms with Crippen molar-refractivity contribution in [2.24, 2.45) is 0 Å².